The van der Waals surface area contributed by atoms with Crippen molar-refractivity contribution in [3.05, 3.63) is 115 Å². The second-order valence-electron chi connectivity index (χ2n) is 8.09. The minimum absolute atomic E-state index is 0. The highest BCUT2D eigenvalue weighted by molar-refractivity contribution is 5.86. The molecule has 6 rings (SSSR count). The monoisotopic (exact) mass is 631 g/mol. The first-order valence-electron chi connectivity index (χ1n) is 12.0. The average molecular weight is 632 g/mol. The fourth-order valence-corrected chi connectivity index (χ4v) is 3.30. The number of imidazole rings is 1. The summed E-state index contributed by atoms with van der Waals surface area (Å²) in [6.45, 7) is 1.81. The van der Waals surface area contributed by atoms with Crippen LogP contribution in [-0.2, 0) is 0 Å². The molecule has 0 amide bonds. The van der Waals surface area contributed by atoms with E-state index in [1.165, 1.54) is 41.9 Å². The summed E-state index contributed by atoms with van der Waals surface area (Å²) in [4.78, 5) is 58.6. The molecule has 0 aromatic carbocycles. The van der Waals surface area contributed by atoms with Gasteiger partial charge in [0.05, 0.1) is 0 Å². The number of hydrogen-bond donors (Lipinski definition) is 3. The van der Waals surface area contributed by atoms with Crippen molar-refractivity contribution in [2.24, 2.45) is 0 Å². The van der Waals surface area contributed by atoms with Gasteiger partial charge in [-0.05, 0) is 25.1 Å². The second-order valence-corrected chi connectivity index (χ2v) is 8.09. The number of aryl methyl sites for hydroxylation is 1. The van der Waals surface area contributed by atoms with Crippen molar-refractivity contribution in [3.8, 4) is 17.5 Å². The Hall–Kier alpha value is -6.65. The Labute approximate surface area is 263 Å². The van der Waals surface area contributed by atoms with Crippen molar-refractivity contribution in [2.45, 2.75) is 29.2 Å². The van der Waals surface area contributed by atoms with E-state index in [0.717, 1.165) is 5.82 Å². The fourth-order valence-electron chi connectivity index (χ4n) is 3.30. The largest absolute Gasteiger partial charge is 0.477 e. The van der Waals surface area contributed by atoms with Crippen LogP contribution in [0.15, 0.2) is 92.6 Å². The van der Waals surface area contributed by atoms with Gasteiger partial charge in [0.2, 0.25) is 0 Å². The highest BCUT2D eigenvalue weighted by Gasteiger charge is 2.09. The van der Waals surface area contributed by atoms with Gasteiger partial charge < -0.3 is 19.9 Å². The summed E-state index contributed by atoms with van der Waals surface area (Å²) < 4.78 is 4.87. The van der Waals surface area contributed by atoms with E-state index >= 15 is 0 Å². The summed E-state index contributed by atoms with van der Waals surface area (Å²) in [5.74, 6) is -0.995. The first kappa shape index (κ1) is 37.4. The Morgan fingerprint density at radius 2 is 1.04 bits per heavy atom. The average Bonchev–Trinajstić information content (AvgIpc) is 3.82. The van der Waals surface area contributed by atoms with Gasteiger partial charge in [0.25, 0.3) is 0 Å². The minimum Gasteiger partial charge on any atom is -0.477 e. The highest BCUT2D eigenvalue weighted by Crippen LogP contribution is 2.08. The lowest BCUT2D eigenvalue weighted by Gasteiger charge is -2.03. The first-order valence-corrected chi connectivity index (χ1v) is 12.0. The Balaban J connectivity index is 0.000000334. The third-order valence-corrected chi connectivity index (χ3v) is 5.30. The molecule has 0 spiro atoms. The van der Waals surface area contributed by atoms with Crippen molar-refractivity contribution in [3.63, 3.8) is 0 Å². The van der Waals surface area contributed by atoms with Crippen LogP contribution in [0.1, 0.15) is 59.6 Å². The molecule has 0 bridgehead atoms. The summed E-state index contributed by atoms with van der Waals surface area (Å²) in [5.41, 5.74) is -0.0951. The number of aromatic nitrogens is 11. The Bertz CT molecular complexity index is 1750. The molecule has 6 aromatic rings. The van der Waals surface area contributed by atoms with Gasteiger partial charge in [-0.2, -0.15) is 5.10 Å². The van der Waals surface area contributed by atoms with Crippen LogP contribution < -0.4 is 0 Å². The number of carboxylic acid groups (broad SMARTS) is 3. The van der Waals surface area contributed by atoms with Gasteiger partial charge in [-0.3, -0.25) is 4.57 Å². The predicted molar refractivity (Wildman–Crippen MR) is 165 cm³/mol. The number of nitrogens with zero attached hydrogens (tertiary/aromatic N) is 11. The molecule has 6 heterocycles. The van der Waals surface area contributed by atoms with Crippen LogP contribution >= 0.6 is 0 Å². The molecular formula is C29H33N11O6. The maximum atomic E-state index is 10.7. The zero-order valence-corrected chi connectivity index (χ0v) is 22.1. The second kappa shape index (κ2) is 17.5. The van der Waals surface area contributed by atoms with E-state index in [1.807, 2.05) is 19.1 Å². The lowest BCUT2D eigenvalue weighted by atomic mass is 10.4. The molecular weight excluding hydrogens is 598 g/mol. The molecule has 6 aromatic heterocycles. The smallest absolute Gasteiger partial charge is 0.354 e. The van der Waals surface area contributed by atoms with Crippen LogP contribution in [-0.4, -0.2) is 87.0 Å². The maximum Gasteiger partial charge on any atom is 0.354 e. The Morgan fingerprint density at radius 1 is 0.565 bits per heavy atom. The molecule has 240 valence electrons. The highest BCUT2D eigenvalue weighted by atomic mass is 16.4. The summed E-state index contributed by atoms with van der Waals surface area (Å²) in [6.07, 6.45) is 13.8. The van der Waals surface area contributed by atoms with Gasteiger partial charge in [0.1, 0.15) is 36.4 Å². The molecule has 0 atom stereocenters. The molecule has 0 radical (unpaired) electrons. The molecule has 3 N–H and O–H groups in total. The third-order valence-electron chi connectivity index (χ3n) is 5.30. The summed E-state index contributed by atoms with van der Waals surface area (Å²) in [6, 6.07) is 9.57. The van der Waals surface area contributed by atoms with E-state index in [4.69, 9.17) is 15.3 Å². The van der Waals surface area contributed by atoms with E-state index in [2.05, 4.69) is 40.0 Å². The Morgan fingerprint density at radius 3 is 1.50 bits per heavy atom. The molecule has 0 saturated carbocycles. The number of carbonyl (C=O) groups is 3. The van der Waals surface area contributed by atoms with Crippen molar-refractivity contribution in [2.75, 3.05) is 0 Å². The number of aromatic carboxylic acids is 3. The van der Waals surface area contributed by atoms with E-state index in [0.29, 0.717) is 17.5 Å². The van der Waals surface area contributed by atoms with E-state index in [-0.39, 0.29) is 39.4 Å². The first-order chi connectivity index (χ1) is 20.7. The minimum atomic E-state index is -1.08. The zero-order valence-electron chi connectivity index (χ0n) is 22.1. The van der Waals surface area contributed by atoms with Crippen LogP contribution in [0.2, 0.25) is 0 Å². The maximum absolute atomic E-state index is 10.7. The van der Waals surface area contributed by atoms with Gasteiger partial charge in [0.15, 0.2) is 22.9 Å². The van der Waals surface area contributed by atoms with Crippen LogP contribution in [0.5, 0.6) is 0 Å². The van der Waals surface area contributed by atoms with Crippen LogP contribution in [0.4, 0.5) is 0 Å². The number of carboxylic acids is 3. The van der Waals surface area contributed by atoms with Gasteiger partial charge in [-0.25, -0.2) is 54.0 Å². The predicted octanol–water partition coefficient (Wildman–Crippen LogP) is 3.90. The molecule has 0 fully saturated rings. The molecule has 46 heavy (non-hydrogen) atoms. The van der Waals surface area contributed by atoms with E-state index in [9.17, 15) is 14.4 Å². The summed E-state index contributed by atoms with van der Waals surface area (Å²) in [5, 5.41) is 30.1. The van der Waals surface area contributed by atoms with Gasteiger partial charge in [-0.1, -0.05) is 22.3 Å². The van der Waals surface area contributed by atoms with Crippen molar-refractivity contribution in [1.82, 2.24) is 53.8 Å². The van der Waals surface area contributed by atoms with Gasteiger partial charge in [-0.15, -0.1) is 0 Å². The van der Waals surface area contributed by atoms with Crippen LogP contribution in [0.25, 0.3) is 17.5 Å². The number of hydrogen-bond acceptors (Lipinski definition) is 11. The fraction of sp³-hybridized carbons (Fsp3) is 0.138. The zero-order chi connectivity index (χ0) is 30.8. The lowest BCUT2D eigenvalue weighted by molar-refractivity contribution is 0.0679. The van der Waals surface area contributed by atoms with Crippen molar-refractivity contribution >= 4 is 17.9 Å². The van der Waals surface area contributed by atoms with Crippen molar-refractivity contribution < 1.29 is 29.7 Å². The van der Waals surface area contributed by atoms with Crippen LogP contribution in [0, 0.1) is 6.92 Å². The molecule has 17 heteroatoms. The van der Waals surface area contributed by atoms with Crippen molar-refractivity contribution in [1.29, 1.82) is 0 Å². The quantitative estimate of drug-likeness (QED) is 0.237. The molecule has 0 aliphatic rings. The summed E-state index contributed by atoms with van der Waals surface area (Å²) >= 11 is 0. The van der Waals surface area contributed by atoms with E-state index < -0.39 is 17.9 Å². The normalized spacial score (nSPS) is 9.41. The van der Waals surface area contributed by atoms with Gasteiger partial charge in [0, 0.05) is 55.4 Å². The molecule has 0 aliphatic heterocycles. The van der Waals surface area contributed by atoms with E-state index in [1.54, 1.807) is 52.4 Å². The molecule has 0 aliphatic carbocycles. The van der Waals surface area contributed by atoms with Gasteiger partial charge >= 0.3 is 17.9 Å². The Kier molecular flexibility index (Phi) is 14.2. The topological polar surface area (TPSA) is 230 Å². The molecule has 0 saturated heterocycles. The lowest BCUT2D eigenvalue weighted by Crippen LogP contribution is -2.05. The standard InChI is InChI=1S/C9H8N4O2.C9H7N3O2.C8H6N4O2.3CH4/c1-6-10-2-3-13(6)8-4-7(9(14)15)11-5-12-8;13-9(14)7-5-8(11-6-10-7)12-3-1-2-4-12;13-8(14)6-4-7(10-5-9-6)12-3-1-2-11-12;;;/h2-5H,1H3,(H,14,15);1-6H,(H,13,14);1-5H,(H,13,14);3*1H4. The summed E-state index contributed by atoms with van der Waals surface area (Å²) in [7, 11) is 0. The third kappa shape index (κ3) is 9.69. The molecule has 0 unspecified atom stereocenters. The van der Waals surface area contributed by atoms with Crippen LogP contribution in [0.3, 0.4) is 0 Å². The number of rotatable bonds is 6. The SMILES string of the molecule is C.C.C.Cc1nccn1-c1cc(C(=O)O)ncn1.O=C(O)c1cc(-n2cccc2)ncn1.O=C(O)c1cc(-n2cccn2)ncn1. The molecule has 17 nitrogen and oxygen atoms in total.